The summed E-state index contributed by atoms with van der Waals surface area (Å²) < 4.78 is 16.7. The molecule has 0 amide bonds. The number of hydrogen-bond donors (Lipinski definition) is 2. The van der Waals surface area contributed by atoms with Gasteiger partial charge in [-0.1, -0.05) is 0 Å². The number of rotatable bonds is 10. The maximum atomic E-state index is 5.61. The zero-order valence-electron chi connectivity index (χ0n) is 15.7. The second-order valence-electron chi connectivity index (χ2n) is 5.80. The third-order valence-corrected chi connectivity index (χ3v) is 3.28. The van der Waals surface area contributed by atoms with Gasteiger partial charge in [-0.2, -0.15) is 0 Å². The monoisotopic (exact) mass is 370 g/mol. The first-order chi connectivity index (χ1) is 13.0. The van der Waals surface area contributed by atoms with Gasteiger partial charge in [0, 0.05) is 0 Å². The summed E-state index contributed by atoms with van der Waals surface area (Å²) in [4.78, 5) is 8.32. The molecule has 7 nitrogen and oxygen atoms in total. The van der Waals surface area contributed by atoms with E-state index in [1.54, 1.807) is 13.8 Å². The van der Waals surface area contributed by atoms with Crippen molar-refractivity contribution in [3.05, 3.63) is 48.5 Å². The summed E-state index contributed by atoms with van der Waals surface area (Å²) in [5.41, 5.74) is 12.7. The molecule has 0 aromatic heterocycles. The largest absolute Gasteiger partial charge is 0.491 e. The molecule has 0 saturated heterocycles. The maximum absolute atomic E-state index is 5.61. The zero-order valence-corrected chi connectivity index (χ0v) is 15.7. The van der Waals surface area contributed by atoms with Gasteiger partial charge in [0.15, 0.2) is 0 Å². The Kier molecular flexibility index (Phi) is 8.12. The number of benzene rings is 2. The van der Waals surface area contributed by atoms with E-state index in [1.165, 1.54) is 0 Å². The molecule has 2 aromatic carbocycles. The molecule has 0 aliphatic heterocycles. The highest BCUT2D eigenvalue weighted by molar-refractivity contribution is 5.81. The second kappa shape index (κ2) is 10.8. The van der Waals surface area contributed by atoms with Gasteiger partial charge in [-0.05, 0) is 62.4 Å². The van der Waals surface area contributed by atoms with Crippen molar-refractivity contribution in [1.29, 1.82) is 0 Å². The third kappa shape index (κ3) is 8.24. The van der Waals surface area contributed by atoms with Crippen molar-refractivity contribution in [2.75, 3.05) is 26.4 Å². The van der Waals surface area contributed by atoms with Crippen LogP contribution < -0.4 is 20.9 Å². The Morgan fingerprint density at radius 3 is 1.37 bits per heavy atom. The number of ether oxygens (including phenoxy) is 3. The van der Waals surface area contributed by atoms with E-state index in [1.807, 2.05) is 48.5 Å². The second-order valence-corrected chi connectivity index (χ2v) is 5.80. The number of nitrogens with two attached hydrogens (primary N) is 2. The lowest BCUT2D eigenvalue weighted by atomic mass is 10.3. The van der Waals surface area contributed by atoms with Crippen LogP contribution in [-0.4, -0.2) is 38.1 Å². The van der Waals surface area contributed by atoms with Crippen molar-refractivity contribution in [1.82, 2.24) is 0 Å². The standard InChI is InChI=1S/C20H26N4O3/c1-15(21)23-17-3-7-19(8-4-17)26-13-11-25-12-14-27-20-9-5-18(6-10-20)24-16(2)22/h3-10H,11-14H2,1-2H3,(H2,21,23)(H2,22,24). The van der Waals surface area contributed by atoms with Crippen molar-refractivity contribution in [3.63, 3.8) is 0 Å². The molecule has 0 fully saturated rings. The maximum Gasteiger partial charge on any atom is 0.119 e. The van der Waals surface area contributed by atoms with Gasteiger partial charge >= 0.3 is 0 Å². The van der Waals surface area contributed by atoms with Gasteiger partial charge in [-0.15, -0.1) is 0 Å². The molecule has 0 saturated carbocycles. The van der Waals surface area contributed by atoms with Crippen LogP contribution in [0.1, 0.15) is 13.8 Å². The number of amidine groups is 2. The highest BCUT2D eigenvalue weighted by Gasteiger charge is 1.97. The van der Waals surface area contributed by atoms with Gasteiger partial charge in [0.05, 0.1) is 36.3 Å². The number of hydrogen-bond acceptors (Lipinski definition) is 5. The molecule has 0 aliphatic carbocycles. The summed E-state index contributed by atoms with van der Waals surface area (Å²) >= 11 is 0. The average Bonchev–Trinajstić information content (AvgIpc) is 2.63. The average molecular weight is 370 g/mol. The molecule has 0 spiro atoms. The summed E-state index contributed by atoms with van der Waals surface area (Å²) in [6.07, 6.45) is 0. The Morgan fingerprint density at radius 1 is 0.667 bits per heavy atom. The van der Waals surface area contributed by atoms with Crippen LogP contribution in [0.5, 0.6) is 11.5 Å². The molecule has 0 aliphatic rings. The summed E-state index contributed by atoms with van der Waals surface area (Å²) in [5.74, 6) is 2.57. The molecule has 2 rings (SSSR count). The minimum atomic E-state index is 0.462. The van der Waals surface area contributed by atoms with Gasteiger partial charge in [-0.3, -0.25) is 0 Å². The fraction of sp³-hybridized carbons (Fsp3) is 0.300. The van der Waals surface area contributed by atoms with Crippen LogP contribution in [0, 0.1) is 0 Å². The van der Waals surface area contributed by atoms with Crippen molar-refractivity contribution in [3.8, 4) is 11.5 Å². The fourth-order valence-electron chi connectivity index (χ4n) is 2.18. The lowest BCUT2D eigenvalue weighted by Gasteiger charge is -2.09. The van der Waals surface area contributed by atoms with E-state index in [0.29, 0.717) is 38.1 Å². The molecule has 7 heteroatoms. The Balaban J connectivity index is 1.58. The molecule has 0 unspecified atom stereocenters. The molecule has 0 radical (unpaired) electrons. The van der Waals surface area contributed by atoms with Crippen molar-refractivity contribution < 1.29 is 14.2 Å². The molecular weight excluding hydrogens is 344 g/mol. The quantitative estimate of drug-likeness (QED) is 0.380. The first-order valence-electron chi connectivity index (χ1n) is 8.68. The third-order valence-electron chi connectivity index (χ3n) is 3.28. The van der Waals surface area contributed by atoms with E-state index in [9.17, 15) is 0 Å². The van der Waals surface area contributed by atoms with Crippen molar-refractivity contribution in [2.45, 2.75) is 13.8 Å². The van der Waals surface area contributed by atoms with E-state index >= 15 is 0 Å². The molecule has 4 N–H and O–H groups in total. The van der Waals surface area contributed by atoms with Crippen LogP contribution in [0.4, 0.5) is 11.4 Å². The Morgan fingerprint density at radius 2 is 1.04 bits per heavy atom. The van der Waals surface area contributed by atoms with Crippen LogP contribution in [0.25, 0.3) is 0 Å². The molecule has 0 atom stereocenters. The van der Waals surface area contributed by atoms with Crippen LogP contribution >= 0.6 is 0 Å². The number of nitrogens with zero attached hydrogens (tertiary/aromatic N) is 2. The number of aliphatic imine (C=N–C) groups is 2. The first kappa shape index (κ1) is 20.3. The highest BCUT2D eigenvalue weighted by atomic mass is 16.5. The molecule has 2 aromatic rings. The summed E-state index contributed by atoms with van der Waals surface area (Å²) in [6.45, 7) is 5.38. The lowest BCUT2D eigenvalue weighted by Crippen LogP contribution is -2.12. The smallest absolute Gasteiger partial charge is 0.119 e. The minimum absolute atomic E-state index is 0.462. The Hall–Kier alpha value is -3.06. The van der Waals surface area contributed by atoms with Crippen LogP contribution in [0.15, 0.2) is 58.5 Å². The van der Waals surface area contributed by atoms with Gasteiger partial charge in [0.25, 0.3) is 0 Å². The minimum Gasteiger partial charge on any atom is -0.491 e. The van der Waals surface area contributed by atoms with Crippen LogP contribution in [0.2, 0.25) is 0 Å². The zero-order chi connectivity index (χ0) is 19.5. The Bertz CT molecular complexity index is 682. The van der Waals surface area contributed by atoms with Crippen molar-refractivity contribution >= 4 is 23.0 Å². The van der Waals surface area contributed by atoms with Crippen molar-refractivity contribution in [2.24, 2.45) is 21.5 Å². The normalized spacial score (nSPS) is 12.1. The van der Waals surface area contributed by atoms with Crippen LogP contribution in [-0.2, 0) is 4.74 Å². The van der Waals surface area contributed by atoms with E-state index in [2.05, 4.69) is 9.98 Å². The summed E-state index contributed by atoms with van der Waals surface area (Å²) in [5, 5.41) is 0. The lowest BCUT2D eigenvalue weighted by molar-refractivity contribution is 0.0764. The molecule has 0 heterocycles. The molecule has 144 valence electrons. The fourth-order valence-corrected chi connectivity index (χ4v) is 2.18. The Labute approximate surface area is 159 Å². The summed E-state index contributed by atoms with van der Waals surface area (Å²) in [7, 11) is 0. The highest BCUT2D eigenvalue weighted by Crippen LogP contribution is 2.19. The van der Waals surface area contributed by atoms with Gasteiger partial charge in [0.2, 0.25) is 0 Å². The SMILES string of the molecule is C/C(N)=N\c1ccc(OCCOCCOc2ccc(/N=C(\C)N)cc2)cc1. The van der Waals surface area contributed by atoms with Gasteiger partial charge < -0.3 is 25.7 Å². The predicted octanol–water partition coefficient (Wildman–Crippen LogP) is 3.18. The topological polar surface area (TPSA) is 104 Å². The predicted molar refractivity (Wildman–Crippen MR) is 109 cm³/mol. The van der Waals surface area contributed by atoms with Crippen LogP contribution in [0.3, 0.4) is 0 Å². The van der Waals surface area contributed by atoms with E-state index in [4.69, 9.17) is 25.7 Å². The molecular formula is C20H26N4O3. The molecule has 0 bridgehead atoms. The molecule has 27 heavy (non-hydrogen) atoms. The van der Waals surface area contributed by atoms with Gasteiger partial charge in [-0.25, -0.2) is 9.98 Å². The van der Waals surface area contributed by atoms with Gasteiger partial charge in [0.1, 0.15) is 24.7 Å². The van der Waals surface area contributed by atoms with E-state index in [-0.39, 0.29) is 0 Å². The van der Waals surface area contributed by atoms with E-state index < -0.39 is 0 Å². The summed E-state index contributed by atoms with van der Waals surface area (Å²) in [6, 6.07) is 14.8. The van der Waals surface area contributed by atoms with E-state index in [0.717, 1.165) is 22.9 Å². The first-order valence-corrected chi connectivity index (χ1v) is 8.68.